The van der Waals surface area contributed by atoms with Crippen molar-refractivity contribution in [1.82, 2.24) is 15.1 Å². The monoisotopic (exact) mass is 179 g/mol. The fourth-order valence-corrected chi connectivity index (χ4v) is 1.97. The van der Waals surface area contributed by atoms with Crippen molar-refractivity contribution in [3.8, 4) is 0 Å². The van der Waals surface area contributed by atoms with E-state index in [0.29, 0.717) is 5.41 Å². The molecule has 2 heterocycles. The Bertz CT molecular complexity index is 281. The predicted octanol–water partition coefficient (Wildman–Crippen LogP) is 0.962. The van der Waals surface area contributed by atoms with Gasteiger partial charge in [0.15, 0.2) is 0 Å². The summed E-state index contributed by atoms with van der Waals surface area (Å²) in [6, 6.07) is 0. The number of rotatable bonds is 3. The number of aromatic nitrogens is 2. The fraction of sp³-hybridized carbons (Fsp3) is 0.700. The first-order valence-electron chi connectivity index (χ1n) is 4.92. The van der Waals surface area contributed by atoms with E-state index < -0.39 is 0 Å². The van der Waals surface area contributed by atoms with E-state index in [1.165, 1.54) is 31.5 Å². The Labute approximate surface area is 79.1 Å². The van der Waals surface area contributed by atoms with Gasteiger partial charge in [-0.3, -0.25) is 4.68 Å². The predicted molar refractivity (Wildman–Crippen MR) is 52.5 cm³/mol. The zero-order valence-corrected chi connectivity index (χ0v) is 8.38. The van der Waals surface area contributed by atoms with Gasteiger partial charge in [-0.15, -0.1) is 0 Å². The quantitative estimate of drug-likeness (QED) is 0.749. The molecule has 0 aliphatic carbocycles. The summed E-state index contributed by atoms with van der Waals surface area (Å²) in [5.41, 5.74) is 1.88. The first kappa shape index (κ1) is 8.75. The van der Waals surface area contributed by atoms with E-state index in [2.05, 4.69) is 23.5 Å². The molecule has 0 atom stereocenters. The largest absolute Gasteiger partial charge is 0.316 e. The molecule has 1 aliphatic rings. The van der Waals surface area contributed by atoms with Crippen LogP contribution in [0.15, 0.2) is 12.4 Å². The second-order valence-electron chi connectivity index (χ2n) is 4.16. The molecule has 1 fully saturated rings. The molecule has 0 spiro atoms. The van der Waals surface area contributed by atoms with Crippen molar-refractivity contribution < 1.29 is 0 Å². The lowest BCUT2D eigenvalue weighted by Crippen LogP contribution is -2.54. The molecule has 13 heavy (non-hydrogen) atoms. The summed E-state index contributed by atoms with van der Waals surface area (Å²) >= 11 is 0. The summed E-state index contributed by atoms with van der Waals surface area (Å²) in [6.07, 6.45) is 6.53. The van der Waals surface area contributed by atoms with Gasteiger partial charge in [0.25, 0.3) is 0 Å². The van der Waals surface area contributed by atoms with E-state index in [-0.39, 0.29) is 0 Å². The molecule has 0 aromatic carbocycles. The van der Waals surface area contributed by atoms with E-state index in [1.54, 1.807) is 0 Å². The highest BCUT2D eigenvalue weighted by molar-refractivity contribution is 5.10. The van der Waals surface area contributed by atoms with Gasteiger partial charge in [-0.25, -0.2) is 0 Å². The summed E-state index contributed by atoms with van der Waals surface area (Å²) < 4.78 is 1.88. The summed E-state index contributed by atoms with van der Waals surface area (Å²) in [4.78, 5) is 0. The molecule has 2 rings (SSSR count). The molecule has 1 saturated heterocycles. The summed E-state index contributed by atoms with van der Waals surface area (Å²) in [5, 5.41) is 7.54. The average Bonchev–Trinajstić information content (AvgIpc) is 2.44. The number of nitrogens with zero attached hydrogens (tertiary/aromatic N) is 2. The van der Waals surface area contributed by atoms with Crippen LogP contribution in [0, 0.1) is 5.41 Å². The molecule has 72 valence electrons. The zero-order valence-electron chi connectivity index (χ0n) is 8.38. The molecule has 0 unspecified atom stereocenters. The van der Waals surface area contributed by atoms with Crippen molar-refractivity contribution in [2.75, 3.05) is 13.1 Å². The van der Waals surface area contributed by atoms with Crippen LogP contribution in [0.25, 0.3) is 0 Å². The maximum absolute atomic E-state index is 4.19. The van der Waals surface area contributed by atoms with Crippen molar-refractivity contribution in [3.63, 3.8) is 0 Å². The van der Waals surface area contributed by atoms with Crippen LogP contribution in [-0.4, -0.2) is 22.9 Å². The van der Waals surface area contributed by atoms with Gasteiger partial charge in [-0.1, -0.05) is 6.92 Å². The molecule has 0 saturated carbocycles. The molecule has 1 aromatic rings. The van der Waals surface area contributed by atoms with Gasteiger partial charge in [0.2, 0.25) is 0 Å². The van der Waals surface area contributed by atoms with E-state index >= 15 is 0 Å². The van der Waals surface area contributed by atoms with Crippen molar-refractivity contribution in [2.45, 2.75) is 19.8 Å². The maximum atomic E-state index is 4.19. The third-order valence-corrected chi connectivity index (χ3v) is 3.09. The summed E-state index contributed by atoms with van der Waals surface area (Å²) in [5.74, 6) is 0. The Kier molecular flexibility index (Phi) is 2.12. The highest BCUT2D eigenvalue weighted by Crippen LogP contribution is 2.30. The second kappa shape index (κ2) is 3.14. The highest BCUT2D eigenvalue weighted by atomic mass is 15.2. The topological polar surface area (TPSA) is 29.9 Å². The zero-order chi connectivity index (χ0) is 9.31. The van der Waals surface area contributed by atoms with Crippen molar-refractivity contribution in [2.24, 2.45) is 12.5 Å². The van der Waals surface area contributed by atoms with Gasteiger partial charge in [0.05, 0.1) is 6.20 Å². The van der Waals surface area contributed by atoms with E-state index in [4.69, 9.17) is 0 Å². The summed E-state index contributed by atoms with van der Waals surface area (Å²) in [6.45, 7) is 4.61. The molecule has 0 radical (unpaired) electrons. The molecular formula is C10H17N3. The van der Waals surface area contributed by atoms with Crippen LogP contribution in [0.1, 0.15) is 18.9 Å². The van der Waals surface area contributed by atoms with Gasteiger partial charge in [0.1, 0.15) is 0 Å². The third kappa shape index (κ3) is 1.61. The molecule has 1 N–H and O–H groups in total. The average molecular weight is 179 g/mol. The van der Waals surface area contributed by atoms with Crippen LogP contribution in [0.4, 0.5) is 0 Å². The lowest BCUT2D eigenvalue weighted by molar-refractivity contribution is 0.160. The Balaban J connectivity index is 2.04. The summed E-state index contributed by atoms with van der Waals surface area (Å²) in [7, 11) is 1.97. The minimum absolute atomic E-state index is 0.517. The van der Waals surface area contributed by atoms with Crippen molar-refractivity contribution in [1.29, 1.82) is 0 Å². The Morgan fingerprint density at radius 1 is 1.62 bits per heavy atom. The molecular weight excluding hydrogens is 162 g/mol. The first-order valence-corrected chi connectivity index (χ1v) is 4.92. The van der Waals surface area contributed by atoms with Crippen LogP contribution >= 0.6 is 0 Å². The first-order chi connectivity index (χ1) is 6.24. The van der Waals surface area contributed by atoms with Gasteiger partial charge < -0.3 is 5.32 Å². The highest BCUT2D eigenvalue weighted by Gasteiger charge is 2.35. The van der Waals surface area contributed by atoms with Gasteiger partial charge in [0, 0.05) is 26.3 Å². The van der Waals surface area contributed by atoms with Crippen LogP contribution in [0.5, 0.6) is 0 Å². The molecule has 3 heteroatoms. The molecule has 0 bridgehead atoms. The third-order valence-electron chi connectivity index (χ3n) is 3.09. The standard InChI is InChI=1S/C10H17N3/c1-3-10(7-11-8-10)4-9-5-12-13(2)6-9/h5-6,11H,3-4,7-8H2,1-2H3. The lowest BCUT2D eigenvalue weighted by atomic mass is 9.75. The van der Waals surface area contributed by atoms with Crippen molar-refractivity contribution in [3.05, 3.63) is 18.0 Å². The Morgan fingerprint density at radius 3 is 2.77 bits per heavy atom. The number of hydrogen-bond acceptors (Lipinski definition) is 2. The van der Waals surface area contributed by atoms with Crippen LogP contribution < -0.4 is 5.32 Å². The van der Waals surface area contributed by atoms with Gasteiger partial charge in [-0.2, -0.15) is 5.10 Å². The second-order valence-corrected chi connectivity index (χ2v) is 4.16. The van der Waals surface area contributed by atoms with Crippen molar-refractivity contribution >= 4 is 0 Å². The minimum atomic E-state index is 0.517. The smallest absolute Gasteiger partial charge is 0.0521 e. The van der Waals surface area contributed by atoms with Gasteiger partial charge >= 0.3 is 0 Å². The molecule has 3 nitrogen and oxygen atoms in total. The normalized spacial score (nSPS) is 19.8. The molecule has 1 aliphatic heterocycles. The molecule has 0 amide bonds. The number of aryl methyl sites for hydroxylation is 1. The van der Waals surface area contributed by atoms with Gasteiger partial charge in [-0.05, 0) is 23.8 Å². The maximum Gasteiger partial charge on any atom is 0.0521 e. The SMILES string of the molecule is CCC1(Cc2cnn(C)c2)CNC1. The minimum Gasteiger partial charge on any atom is -0.316 e. The Hall–Kier alpha value is -0.830. The lowest BCUT2D eigenvalue weighted by Gasteiger charge is -2.42. The van der Waals surface area contributed by atoms with E-state index in [1.807, 2.05) is 17.9 Å². The van der Waals surface area contributed by atoms with Crippen LogP contribution in [0.3, 0.4) is 0 Å². The van der Waals surface area contributed by atoms with Crippen LogP contribution in [0.2, 0.25) is 0 Å². The number of nitrogens with one attached hydrogen (secondary N) is 1. The Morgan fingerprint density at radius 2 is 2.38 bits per heavy atom. The molecule has 1 aromatic heterocycles. The van der Waals surface area contributed by atoms with Crippen LogP contribution in [-0.2, 0) is 13.5 Å². The number of hydrogen-bond donors (Lipinski definition) is 1. The fourth-order valence-electron chi connectivity index (χ4n) is 1.97. The van der Waals surface area contributed by atoms with E-state index in [9.17, 15) is 0 Å². The van der Waals surface area contributed by atoms with E-state index in [0.717, 1.165) is 0 Å².